The quantitative estimate of drug-likeness (QED) is 0.642. The lowest BCUT2D eigenvalue weighted by Gasteiger charge is -2.14. The molecule has 0 aliphatic heterocycles. The number of nitrogens with one attached hydrogen (secondary N) is 1. The number of nitrogens with zero attached hydrogens (tertiary/aromatic N) is 1. The minimum Gasteiger partial charge on any atom is -0.306 e. The monoisotopic (exact) mass is 352 g/mol. The first-order chi connectivity index (χ1) is 9.97. The molecular weight excluding hydrogens is 339 g/mol. The minimum absolute atomic E-state index is 0.0216. The molecule has 4 nitrogen and oxygen atoms in total. The summed E-state index contributed by atoms with van der Waals surface area (Å²) in [5.74, 6) is -0.269. The first-order valence-electron chi connectivity index (χ1n) is 6.39. The van der Waals surface area contributed by atoms with Crippen LogP contribution in [0.25, 0.3) is 0 Å². The van der Waals surface area contributed by atoms with Crippen LogP contribution in [0, 0.1) is 15.9 Å². The van der Waals surface area contributed by atoms with E-state index in [9.17, 15) is 14.5 Å². The smallest absolute Gasteiger partial charge is 0.283 e. The number of nitro benzene ring substituents is 1. The molecule has 0 amide bonds. The van der Waals surface area contributed by atoms with E-state index in [-0.39, 0.29) is 17.5 Å². The Morgan fingerprint density at radius 1 is 1.29 bits per heavy atom. The molecule has 1 N–H and O–H groups in total. The van der Waals surface area contributed by atoms with Crippen molar-refractivity contribution in [2.75, 3.05) is 0 Å². The Balaban J connectivity index is 2.04. The van der Waals surface area contributed by atoms with Crippen LogP contribution in [0.5, 0.6) is 0 Å². The molecular formula is C15H14BrFN2O2. The van der Waals surface area contributed by atoms with Gasteiger partial charge in [0.2, 0.25) is 0 Å². The molecule has 1 atom stereocenters. The standard InChI is InChI=1S/C15H14BrFN2O2/c1-10(12-3-5-13(17)6-4-12)18-9-11-2-7-14(16)15(8-11)19(20)21/h2-8,10,18H,9H2,1H3/t10-/m0/s1. The largest absolute Gasteiger partial charge is 0.306 e. The minimum atomic E-state index is -0.420. The number of benzene rings is 2. The normalized spacial score (nSPS) is 12.1. The van der Waals surface area contributed by atoms with Gasteiger partial charge in [-0.1, -0.05) is 18.2 Å². The Kier molecular flexibility index (Phi) is 5.03. The van der Waals surface area contributed by atoms with Crippen LogP contribution in [0.15, 0.2) is 46.9 Å². The van der Waals surface area contributed by atoms with Gasteiger partial charge in [0.25, 0.3) is 5.69 Å². The van der Waals surface area contributed by atoms with Gasteiger partial charge in [-0.25, -0.2) is 4.39 Å². The van der Waals surface area contributed by atoms with Gasteiger partial charge in [-0.2, -0.15) is 0 Å². The number of halogens is 2. The van der Waals surface area contributed by atoms with Crippen LogP contribution in [-0.4, -0.2) is 4.92 Å². The Hall–Kier alpha value is -1.79. The summed E-state index contributed by atoms with van der Waals surface area (Å²) in [6.45, 7) is 2.45. The molecule has 0 radical (unpaired) electrons. The molecule has 0 spiro atoms. The molecule has 0 aliphatic rings. The van der Waals surface area contributed by atoms with E-state index in [4.69, 9.17) is 0 Å². The predicted octanol–water partition coefficient (Wildman–Crippen LogP) is 4.35. The molecule has 2 aromatic rings. The van der Waals surface area contributed by atoms with Crippen molar-refractivity contribution in [2.45, 2.75) is 19.5 Å². The number of hydrogen-bond acceptors (Lipinski definition) is 3. The van der Waals surface area contributed by atoms with Gasteiger partial charge >= 0.3 is 0 Å². The van der Waals surface area contributed by atoms with Crippen molar-refractivity contribution in [1.29, 1.82) is 0 Å². The molecule has 6 heteroatoms. The van der Waals surface area contributed by atoms with Crippen LogP contribution in [0.1, 0.15) is 24.1 Å². The fourth-order valence-corrected chi connectivity index (χ4v) is 2.34. The molecule has 0 heterocycles. The van der Waals surface area contributed by atoms with Gasteiger partial charge < -0.3 is 5.32 Å². The van der Waals surface area contributed by atoms with Crippen molar-refractivity contribution in [2.24, 2.45) is 0 Å². The summed E-state index contributed by atoms with van der Waals surface area (Å²) in [5.41, 5.74) is 1.82. The Bertz CT molecular complexity index is 647. The first kappa shape index (κ1) is 15.6. The zero-order chi connectivity index (χ0) is 15.4. The Morgan fingerprint density at radius 2 is 1.95 bits per heavy atom. The fraction of sp³-hybridized carbons (Fsp3) is 0.200. The molecule has 0 unspecified atom stereocenters. The third-order valence-electron chi connectivity index (χ3n) is 3.19. The SMILES string of the molecule is C[C@H](NCc1ccc(Br)c([N+](=O)[O-])c1)c1ccc(F)cc1. The van der Waals surface area contributed by atoms with Crippen LogP contribution in [0.2, 0.25) is 0 Å². The van der Waals surface area contributed by atoms with E-state index in [1.807, 2.05) is 13.0 Å². The summed E-state index contributed by atoms with van der Waals surface area (Å²) < 4.78 is 13.3. The second-order valence-electron chi connectivity index (χ2n) is 4.70. The van der Waals surface area contributed by atoms with Crippen LogP contribution in [0.3, 0.4) is 0 Å². The van der Waals surface area contributed by atoms with Crippen LogP contribution in [-0.2, 0) is 6.54 Å². The highest BCUT2D eigenvalue weighted by atomic mass is 79.9. The molecule has 0 saturated heterocycles. The summed E-state index contributed by atoms with van der Waals surface area (Å²) in [7, 11) is 0. The summed E-state index contributed by atoms with van der Waals surface area (Å²) in [6.07, 6.45) is 0. The van der Waals surface area contributed by atoms with Crippen LogP contribution < -0.4 is 5.32 Å². The fourth-order valence-electron chi connectivity index (χ4n) is 1.95. The topological polar surface area (TPSA) is 55.2 Å². The number of nitro groups is 1. The van der Waals surface area contributed by atoms with E-state index in [1.54, 1.807) is 18.2 Å². The third-order valence-corrected chi connectivity index (χ3v) is 3.86. The Labute approximate surface area is 130 Å². The van der Waals surface area contributed by atoms with E-state index < -0.39 is 4.92 Å². The van der Waals surface area contributed by atoms with Crippen LogP contribution >= 0.6 is 15.9 Å². The van der Waals surface area contributed by atoms with Gasteiger partial charge in [0.05, 0.1) is 9.40 Å². The van der Waals surface area contributed by atoms with Crippen molar-refractivity contribution in [3.05, 3.63) is 74.0 Å². The van der Waals surface area contributed by atoms with Gasteiger partial charge in [-0.05, 0) is 52.2 Å². The molecule has 0 aromatic heterocycles. The van der Waals surface area contributed by atoms with E-state index in [0.717, 1.165) is 11.1 Å². The molecule has 0 aliphatic carbocycles. The van der Waals surface area contributed by atoms with E-state index in [2.05, 4.69) is 21.2 Å². The molecule has 2 aromatic carbocycles. The average molecular weight is 353 g/mol. The van der Waals surface area contributed by atoms with E-state index >= 15 is 0 Å². The average Bonchev–Trinajstić information content (AvgIpc) is 2.46. The van der Waals surface area contributed by atoms with Crippen LogP contribution in [0.4, 0.5) is 10.1 Å². The van der Waals surface area contributed by atoms with Crippen molar-refractivity contribution in [3.63, 3.8) is 0 Å². The third kappa shape index (κ3) is 4.09. The van der Waals surface area contributed by atoms with Gasteiger partial charge in [-0.3, -0.25) is 10.1 Å². The summed E-state index contributed by atoms with van der Waals surface area (Å²) >= 11 is 3.16. The van der Waals surface area contributed by atoms with Crippen molar-refractivity contribution in [1.82, 2.24) is 5.32 Å². The Morgan fingerprint density at radius 3 is 2.57 bits per heavy atom. The predicted molar refractivity (Wildman–Crippen MR) is 82.5 cm³/mol. The number of hydrogen-bond donors (Lipinski definition) is 1. The lowest BCUT2D eigenvalue weighted by Crippen LogP contribution is -2.18. The lowest BCUT2D eigenvalue weighted by atomic mass is 10.1. The van der Waals surface area contributed by atoms with E-state index in [0.29, 0.717) is 11.0 Å². The first-order valence-corrected chi connectivity index (χ1v) is 7.18. The van der Waals surface area contributed by atoms with Crippen molar-refractivity contribution < 1.29 is 9.31 Å². The highest BCUT2D eigenvalue weighted by Gasteiger charge is 2.13. The number of rotatable bonds is 5. The van der Waals surface area contributed by atoms with E-state index in [1.165, 1.54) is 18.2 Å². The maximum Gasteiger partial charge on any atom is 0.283 e. The highest BCUT2D eigenvalue weighted by Crippen LogP contribution is 2.25. The summed E-state index contributed by atoms with van der Waals surface area (Å²) in [5, 5.41) is 14.1. The van der Waals surface area contributed by atoms with Gasteiger partial charge in [-0.15, -0.1) is 0 Å². The lowest BCUT2D eigenvalue weighted by molar-refractivity contribution is -0.385. The van der Waals surface area contributed by atoms with Crippen molar-refractivity contribution in [3.8, 4) is 0 Å². The van der Waals surface area contributed by atoms with Crippen molar-refractivity contribution >= 4 is 21.6 Å². The molecule has 21 heavy (non-hydrogen) atoms. The summed E-state index contributed by atoms with van der Waals surface area (Å²) in [6, 6.07) is 11.3. The maximum atomic E-state index is 12.9. The second-order valence-corrected chi connectivity index (χ2v) is 5.55. The maximum absolute atomic E-state index is 12.9. The van der Waals surface area contributed by atoms with Gasteiger partial charge in [0.15, 0.2) is 0 Å². The van der Waals surface area contributed by atoms with Gasteiger partial charge in [0, 0.05) is 18.7 Å². The summed E-state index contributed by atoms with van der Waals surface area (Å²) in [4.78, 5) is 10.5. The zero-order valence-electron chi connectivity index (χ0n) is 11.3. The second kappa shape index (κ2) is 6.78. The molecule has 0 fully saturated rings. The molecule has 110 valence electrons. The highest BCUT2D eigenvalue weighted by molar-refractivity contribution is 9.10. The van der Waals surface area contributed by atoms with Gasteiger partial charge in [0.1, 0.15) is 5.82 Å². The molecule has 2 rings (SSSR count). The molecule has 0 bridgehead atoms. The zero-order valence-corrected chi connectivity index (χ0v) is 12.9. The molecule has 0 saturated carbocycles.